The van der Waals surface area contributed by atoms with Crippen LogP contribution in [-0.2, 0) is 0 Å². The van der Waals surface area contributed by atoms with Crippen LogP contribution in [-0.4, -0.2) is 18.9 Å². The minimum Gasteiger partial charge on any atom is -0.454 e. The lowest BCUT2D eigenvalue weighted by molar-refractivity contribution is 0.0214. The Morgan fingerprint density at radius 2 is 1.20 bits per heavy atom. The first kappa shape index (κ1) is 13.8. The highest BCUT2D eigenvalue weighted by atomic mass is 16.7. The maximum absolute atomic E-state index is 10.9. The predicted molar refractivity (Wildman–Crippen MR) is 74.4 cm³/mol. The lowest BCUT2D eigenvalue weighted by atomic mass is 10.2. The second-order valence-corrected chi connectivity index (χ2v) is 4.11. The molecule has 0 fully saturated rings. The highest BCUT2D eigenvalue weighted by Gasteiger charge is 2.11. The molecule has 0 atom stereocenters. The summed E-state index contributed by atoms with van der Waals surface area (Å²) in [6, 6.07) is 13.8. The Labute approximate surface area is 116 Å². The van der Waals surface area contributed by atoms with Crippen LogP contribution >= 0.6 is 0 Å². The van der Waals surface area contributed by atoms with E-state index in [0.29, 0.717) is 22.6 Å². The van der Waals surface area contributed by atoms with Crippen molar-refractivity contribution in [3.05, 3.63) is 59.7 Å². The van der Waals surface area contributed by atoms with Gasteiger partial charge in [-0.2, -0.15) is 0 Å². The van der Waals surface area contributed by atoms with Gasteiger partial charge in [-0.05, 0) is 24.3 Å². The van der Waals surface area contributed by atoms with E-state index in [2.05, 4.69) is 0 Å². The van der Waals surface area contributed by atoms with Crippen LogP contribution in [0.4, 0.5) is 0 Å². The van der Waals surface area contributed by atoms with Gasteiger partial charge in [0.1, 0.15) is 11.5 Å². The zero-order chi connectivity index (χ0) is 14.4. The molecule has 4 nitrogen and oxygen atoms in total. The summed E-state index contributed by atoms with van der Waals surface area (Å²) in [6.45, 7) is 1.70. The Balaban J connectivity index is 2.11. The Kier molecular flexibility index (Phi) is 4.50. The first-order chi connectivity index (χ1) is 9.74. The Morgan fingerprint density at radius 3 is 1.60 bits per heavy atom. The third-order valence-electron chi connectivity index (χ3n) is 2.68. The summed E-state index contributed by atoms with van der Waals surface area (Å²) >= 11 is 0. The number of hydrogen-bond donors (Lipinski definition) is 0. The van der Waals surface area contributed by atoms with Crippen LogP contribution in [0.2, 0.25) is 0 Å². The zero-order valence-electron chi connectivity index (χ0n) is 11.0. The number of carbonyl (C=O) groups excluding carboxylic acids is 2. The van der Waals surface area contributed by atoms with E-state index in [9.17, 15) is 9.59 Å². The Bertz CT molecular complexity index is 553. The minimum absolute atomic E-state index is 0.443. The number of aldehydes is 2. The monoisotopic (exact) mass is 270 g/mol. The zero-order valence-corrected chi connectivity index (χ0v) is 11.0. The van der Waals surface area contributed by atoms with Gasteiger partial charge < -0.3 is 9.47 Å². The van der Waals surface area contributed by atoms with E-state index < -0.39 is 6.29 Å². The quantitative estimate of drug-likeness (QED) is 0.598. The average Bonchev–Trinajstić information content (AvgIpc) is 2.48. The van der Waals surface area contributed by atoms with Gasteiger partial charge in [0.05, 0.1) is 11.1 Å². The lowest BCUT2D eigenvalue weighted by Crippen LogP contribution is -2.20. The van der Waals surface area contributed by atoms with E-state index >= 15 is 0 Å². The van der Waals surface area contributed by atoms with Gasteiger partial charge in [0.15, 0.2) is 12.6 Å². The van der Waals surface area contributed by atoms with E-state index in [1.54, 1.807) is 55.5 Å². The van der Waals surface area contributed by atoms with Crippen molar-refractivity contribution in [2.75, 3.05) is 0 Å². The molecule has 0 radical (unpaired) electrons. The molecule has 2 rings (SSSR count). The molecule has 0 heterocycles. The van der Waals surface area contributed by atoms with E-state index in [-0.39, 0.29) is 0 Å². The highest BCUT2D eigenvalue weighted by Crippen LogP contribution is 2.21. The number of ether oxygens (including phenoxy) is 2. The summed E-state index contributed by atoms with van der Waals surface area (Å²) < 4.78 is 11.1. The number of benzene rings is 2. The summed E-state index contributed by atoms with van der Waals surface area (Å²) in [5.41, 5.74) is 0.901. The molecule has 0 aliphatic heterocycles. The molecule has 2 aromatic rings. The first-order valence-corrected chi connectivity index (χ1v) is 6.16. The van der Waals surface area contributed by atoms with Gasteiger partial charge in [0.25, 0.3) is 0 Å². The third kappa shape index (κ3) is 3.23. The van der Waals surface area contributed by atoms with Crippen LogP contribution in [0.15, 0.2) is 48.5 Å². The molecular formula is C16H14O4. The molecule has 0 aliphatic rings. The van der Waals surface area contributed by atoms with Crippen molar-refractivity contribution in [2.24, 2.45) is 0 Å². The average molecular weight is 270 g/mol. The van der Waals surface area contributed by atoms with E-state index in [0.717, 1.165) is 12.6 Å². The van der Waals surface area contributed by atoms with Gasteiger partial charge in [0, 0.05) is 6.92 Å². The largest absolute Gasteiger partial charge is 0.454 e. The van der Waals surface area contributed by atoms with E-state index in [1.165, 1.54) is 0 Å². The molecule has 4 heteroatoms. The van der Waals surface area contributed by atoms with Crippen LogP contribution in [0.3, 0.4) is 0 Å². The normalized spacial score (nSPS) is 10.1. The molecule has 0 unspecified atom stereocenters. The maximum atomic E-state index is 10.9. The van der Waals surface area contributed by atoms with Crippen LogP contribution in [0, 0.1) is 0 Å². The number of rotatable bonds is 6. The summed E-state index contributed by atoms with van der Waals surface area (Å²) in [7, 11) is 0. The van der Waals surface area contributed by atoms with Crippen molar-refractivity contribution in [2.45, 2.75) is 13.2 Å². The van der Waals surface area contributed by atoms with Crippen LogP contribution in [0.1, 0.15) is 27.6 Å². The van der Waals surface area contributed by atoms with Crippen molar-refractivity contribution in [3.63, 3.8) is 0 Å². The molecule has 0 spiro atoms. The third-order valence-corrected chi connectivity index (χ3v) is 2.68. The lowest BCUT2D eigenvalue weighted by Gasteiger charge is -2.18. The fourth-order valence-electron chi connectivity index (χ4n) is 1.75. The molecule has 0 saturated carbocycles. The molecule has 102 valence electrons. The van der Waals surface area contributed by atoms with Crippen molar-refractivity contribution in [1.29, 1.82) is 0 Å². The van der Waals surface area contributed by atoms with Crippen molar-refractivity contribution in [1.82, 2.24) is 0 Å². The van der Waals surface area contributed by atoms with Crippen LogP contribution < -0.4 is 9.47 Å². The van der Waals surface area contributed by atoms with Gasteiger partial charge in [-0.1, -0.05) is 24.3 Å². The number of carbonyl (C=O) groups is 2. The van der Waals surface area contributed by atoms with Crippen molar-refractivity contribution >= 4 is 12.6 Å². The highest BCUT2D eigenvalue weighted by molar-refractivity contribution is 5.79. The molecule has 2 aromatic carbocycles. The van der Waals surface area contributed by atoms with Crippen molar-refractivity contribution < 1.29 is 19.1 Å². The Morgan fingerprint density at radius 1 is 0.800 bits per heavy atom. The van der Waals surface area contributed by atoms with Crippen LogP contribution in [0.5, 0.6) is 11.5 Å². The molecule has 0 bridgehead atoms. The molecule has 0 amide bonds. The van der Waals surface area contributed by atoms with Crippen molar-refractivity contribution in [3.8, 4) is 11.5 Å². The van der Waals surface area contributed by atoms with Gasteiger partial charge in [-0.3, -0.25) is 9.59 Å². The number of hydrogen-bond acceptors (Lipinski definition) is 4. The summed E-state index contributed by atoms with van der Waals surface area (Å²) in [5, 5.41) is 0. The molecular weight excluding hydrogens is 256 g/mol. The maximum Gasteiger partial charge on any atom is 0.238 e. The summed E-state index contributed by atoms with van der Waals surface area (Å²) in [6.07, 6.45) is 0.820. The molecule has 0 N–H and O–H groups in total. The molecule has 0 aliphatic carbocycles. The second-order valence-electron chi connectivity index (χ2n) is 4.11. The topological polar surface area (TPSA) is 52.6 Å². The predicted octanol–water partition coefficient (Wildman–Crippen LogP) is 3.12. The first-order valence-electron chi connectivity index (χ1n) is 6.16. The number of para-hydroxylation sites is 2. The summed E-state index contributed by atoms with van der Waals surface area (Å²) in [5.74, 6) is 0.886. The van der Waals surface area contributed by atoms with Gasteiger partial charge in [0.2, 0.25) is 6.29 Å². The molecule has 0 aromatic heterocycles. The molecule has 20 heavy (non-hydrogen) atoms. The van der Waals surface area contributed by atoms with Gasteiger partial charge in [-0.25, -0.2) is 0 Å². The van der Waals surface area contributed by atoms with Crippen LogP contribution in [0.25, 0.3) is 0 Å². The fourth-order valence-corrected chi connectivity index (χ4v) is 1.75. The summed E-state index contributed by atoms with van der Waals surface area (Å²) in [4.78, 5) is 21.8. The molecule has 0 saturated heterocycles. The second kappa shape index (κ2) is 6.52. The smallest absolute Gasteiger partial charge is 0.238 e. The van der Waals surface area contributed by atoms with Gasteiger partial charge in [-0.15, -0.1) is 0 Å². The minimum atomic E-state index is -0.628. The standard InChI is InChI=1S/C16H14O4/c1-12(19-15-8-4-2-6-13(15)10-17)20-16-9-5-3-7-14(16)11-18/h2-12H,1H3. The fraction of sp³-hybridized carbons (Fsp3) is 0.125. The van der Waals surface area contributed by atoms with E-state index in [1.807, 2.05) is 0 Å². The Hall–Kier alpha value is -2.62. The van der Waals surface area contributed by atoms with E-state index in [4.69, 9.17) is 9.47 Å². The van der Waals surface area contributed by atoms with Gasteiger partial charge >= 0.3 is 0 Å². The SMILES string of the molecule is CC(Oc1ccccc1C=O)Oc1ccccc1C=O.